The minimum absolute atomic E-state index is 0.135. The summed E-state index contributed by atoms with van der Waals surface area (Å²) in [4.78, 5) is 0. The van der Waals surface area contributed by atoms with Gasteiger partial charge in [0, 0.05) is 11.6 Å². The average molecular weight is 157 g/mol. The molecule has 59 valence electrons. The zero-order valence-electron chi connectivity index (χ0n) is 5.97. The Labute approximate surface area is 63.6 Å². The first kappa shape index (κ1) is 7.98. The first-order valence-electron chi connectivity index (χ1n) is 3.08. The summed E-state index contributed by atoms with van der Waals surface area (Å²) in [5, 5.41) is 0. The van der Waals surface area contributed by atoms with Gasteiger partial charge >= 0.3 is 0 Å². The maximum Gasteiger partial charge on any atom is 0.264 e. The van der Waals surface area contributed by atoms with Gasteiger partial charge < -0.3 is 4.74 Å². The number of halogens is 2. The van der Waals surface area contributed by atoms with Crippen molar-refractivity contribution in [3.05, 3.63) is 29.8 Å². The highest BCUT2D eigenvalue weighted by Crippen LogP contribution is 2.21. The lowest BCUT2D eigenvalue weighted by molar-refractivity contribution is 0.150. The number of hydrogen-bond acceptors (Lipinski definition) is 1. The predicted molar refractivity (Wildman–Crippen MR) is 36.8 cm³/mol. The summed E-state index contributed by atoms with van der Waals surface area (Å²) in [5.41, 5.74) is -0.135. The van der Waals surface area contributed by atoms with E-state index in [0.717, 1.165) is 0 Å². The molecule has 0 heterocycles. The van der Waals surface area contributed by atoms with Gasteiger partial charge in [0.1, 0.15) is 5.75 Å². The Morgan fingerprint density at radius 2 is 2.18 bits per heavy atom. The summed E-state index contributed by atoms with van der Waals surface area (Å²) in [5.74, 6) is 0.336. The Balaban J connectivity index is 2.91. The van der Waals surface area contributed by atoms with E-state index in [2.05, 4.69) is 6.07 Å². The molecule has 0 unspecified atom stereocenters. The third-order valence-electron chi connectivity index (χ3n) is 1.25. The van der Waals surface area contributed by atoms with Crippen molar-refractivity contribution in [2.75, 3.05) is 7.11 Å². The Kier molecular flexibility index (Phi) is 2.41. The van der Waals surface area contributed by atoms with Crippen LogP contribution in [0.5, 0.6) is 5.75 Å². The minimum Gasteiger partial charge on any atom is -0.496 e. The molecule has 0 aromatic heterocycles. The van der Waals surface area contributed by atoms with E-state index in [1.807, 2.05) is 0 Å². The van der Waals surface area contributed by atoms with Crippen LogP contribution in [0.25, 0.3) is 0 Å². The van der Waals surface area contributed by atoms with E-state index in [9.17, 15) is 8.78 Å². The smallest absolute Gasteiger partial charge is 0.264 e. The first-order chi connectivity index (χ1) is 5.24. The van der Waals surface area contributed by atoms with Crippen LogP contribution in [0.2, 0.25) is 0 Å². The molecule has 1 rings (SSSR count). The molecule has 0 amide bonds. The van der Waals surface area contributed by atoms with Crippen LogP contribution < -0.4 is 4.74 Å². The minimum atomic E-state index is -2.48. The Hall–Kier alpha value is -1.12. The van der Waals surface area contributed by atoms with Crippen LogP contribution in [0.3, 0.4) is 0 Å². The molecule has 0 saturated carbocycles. The zero-order chi connectivity index (χ0) is 8.27. The fraction of sp³-hybridized carbons (Fsp3) is 0.250. The van der Waals surface area contributed by atoms with Crippen molar-refractivity contribution in [2.45, 2.75) is 6.43 Å². The van der Waals surface area contributed by atoms with Crippen molar-refractivity contribution in [1.29, 1.82) is 0 Å². The molecular weight excluding hydrogens is 150 g/mol. The Morgan fingerprint density at radius 1 is 1.45 bits per heavy atom. The summed E-state index contributed by atoms with van der Waals surface area (Å²) in [6.07, 6.45) is -2.48. The average Bonchev–Trinajstić information content (AvgIpc) is 2.05. The van der Waals surface area contributed by atoms with Crippen LogP contribution in [0.4, 0.5) is 8.78 Å². The Bertz CT molecular complexity index is 235. The van der Waals surface area contributed by atoms with E-state index < -0.39 is 6.43 Å². The van der Waals surface area contributed by atoms with Crippen LogP contribution in [-0.4, -0.2) is 7.11 Å². The molecule has 0 spiro atoms. The monoisotopic (exact) mass is 157 g/mol. The SMILES string of the molecule is COc1[c]c(C(F)F)ccc1. The number of hydrogen-bond donors (Lipinski definition) is 0. The molecular formula is C8H7F2O. The molecule has 0 fully saturated rings. The summed E-state index contributed by atoms with van der Waals surface area (Å²) in [6, 6.07) is 6.82. The van der Waals surface area contributed by atoms with Crippen LogP contribution in [-0.2, 0) is 0 Å². The first-order valence-corrected chi connectivity index (χ1v) is 3.08. The van der Waals surface area contributed by atoms with E-state index in [4.69, 9.17) is 4.74 Å². The fourth-order valence-electron chi connectivity index (χ4n) is 0.711. The highest BCUT2D eigenvalue weighted by molar-refractivity contribution is 5.27. The quantitative estimate of drug-likeness (QED) is 0.640. The maximum absolute atomic E-state index is 12.0. The molecule has 0 aliphatic carbocycles. The van der Waals surface area contributed by atoms with E-state index in [1.165, 1.54) is 19.2 Å². The fourth-order valence-corrected chi connectivity index (χ4v) is 0.711. The van der Waals surface area contributed by atoms with E-state index >= 15 is 0 Å². The predicted octanol–water partition coefficient (Wildman–Crippen LogP) is 2.43. The second-order valence-corrected chi connectivity index (χ2v) is 1.98. The van der Waals surface area contributed by atoms with Gasteiger partial charge in [0.15, 0.2) is 0 Å². The van der Waals surface area contributed by atoms with Gasteiger partial charge in [-0.2, -0.15) is 0 Å². The standard InChI is InChI=1S/C8H7F2O/c1-11-7-4-2-3-6(5-7)8(9)10/h2-4,8H,1H3. The molecule has 1 aromatic rings. The van der Waals surface area contributed by atoms with Crippen molar-refractivity contribution in [2.24, 2.45) is 0 Å². The Morgan fingerprint density at radius 3 is 2.73 bits per heavy atom. The molecule has 0 aliphatic heterocycles. The largest absolute Gasteiger partial charge is 0.496 e. The van der Waals surface area contributed by atoms with E-state index in [-0.39, 0.29) is 5.56 Å². The van der Waals surface area contributed by atoms with Crippen molar-refractivity contribution < 1.29 is 13.5 Å². The van der Waals surface area contributed by atoms with Gasteiger partial charge in [-0.25, -0.2) is 8.78 Å². The molecule has 0 saturated heterocycles. The summed E-state index contributed by atoms with van der Waals surface area (Å²) in [6.45, 7) is 0. The number of methoxy groups -OCH3 is 1. The van der Waals surface area contributed by atoms with Crippen LogP contribution in [0.1, 0.15) is 12.0 Å². The van der Waals surface area contributed by atoms with Gasteiger partial charge in [-0.3, -0.25) is 0 Å². The van der Waals surface area contributed by atoms with E-state index in [0.29, 0.717) is 5.75 Å². The molecule has 3 heteroatoms. The van der Waals surface area contributed by atoms with Crippen LogP contribution in [0, 0.1) is 6.07 Å². The molecule has 0 bridgehead atoms. The third-order valence-corrected chi connectivity index (χ3v) is 1.25. The second kappa shape index (κ2) is 3.32. The van der Waals surface area contributed by atoms with Crippen molar-refractivity contribution in [1.82, 2.24) is 0 Å². The number of alkyl halides is 2. The van der Waals surface area contributed by atoms with Gasteiger partial charge in [-0.1, -0.05) is 12.1 Å². The maximum atomic E-state index is 12.0. The van der Waals surface area contributed by atoms with Crippen molar-refractivity contribution in [3.8, 4) is 5.75 Å². The topological polar surface area (TPSA) is 9.23 Å². The summed E-state index contributed by atoms with van der Waals surface area (Å²) in [7, 11) is 1.42. The third kappa shape index (κ3) is 1.90. The van der Waals surface area contributed by atoms with Gasteiger partial charge in [-0.05, 0) is 6.07 Å². The lowest BCUT2D eigenvalue weighted by Crippen LogP contribution is -1.87. The second-order valence-electron chi connectivity index (χ2n) is 1.98. The van der Waals surface area contributed by atoms with Gasteiger partial charge in [-0.15, -0.1) is 0 Å². The highest BCUT2D eigenvalue weighted by Gasteiger charge is 2.06. The molecule has 0 atom stereocenters. The van der Waals surface area contributed by atoms with Gasteiger partial charge in [0.2, 0.25) is 0 Å². The van der Waals surface area contributed by atoms with E-state index in [1.54, 1.807) is 6.07 Å². The highest BCUT2D eigenvalue weighted by atomic mass is 19.3. The molecule has 1 radical (unpaired) electrons. The van der Waals surface area contributed by atoms with Crippen LogP contribution >= 0.6 is 0 Å². The lowest BCUT2D eigenvalue weighted by Gasteiger charge is -2.01. The summed E-state index contributed by atoms with van der Waals surface area (Å²) < 4.78 is 28.7. The number of benzene rings is 1. The molecule has 0 aliphatic rings. The molecule has 11 heavy (non-hydrogen) atoms. The number of rotatable bonds is 2. The summed E-state index contributed by atoms with van der Waals surface area (Å²) >= 11 is 0. The normalized spacial score (nSPS) is 10.2. The van der Waals surface area contributed by atoms with Crippen molar-refractivity contribution >= 4 is 0 Å². The zero-order valence-corrected chi connectivity index (χ0v) is 5.97. The van der Waals surface area contributed by atoms with Gasteiger partial charge in [0.05, 0.1) is 7.11 Å². The van der Waals surface area contributed by atoms with Crippen LogP contribution in [0.15, 0.2) is 18.2 Å². The lowest BCUT2D eigenvalue weighted by atomic mass is 10.2. The molecule has 1 aromatic carbocycles. The van der Waals surface area contributed by atoms with Crippen molar-refractivity contribution in [3.63, 3.8) is 0 Å². The van der Waals surface area contributed by atoms with Gasteiger partial charge in [0.25, 0.3) is 6.43 Å². The number of ether oxygens (including phenoxy) is 1. The molecule has 1 nitrogen and oxygen atoms in total. The molecule has 0 N–H and O–H groups in total.